The van der Waals surface area contributed by atoms with Gasteiger partial charge < -0.3 is 0 Å². The summed E-state index contributed by atoms with van der Waals surface area (Å²) < 4.78 is 24.1. The van der Waals surface area contributed by atoms with Crippen LogP contribution in [0, 0.1) is 0 Å². The Morgan fingerprint density at radius 2 is 1.85 bits per heavy atom. The number of rotatable bonds is 3. The SMILES string of the molecule is FC(F)=C(Br)CSC1CCCCC1. The molecule has 1 aliphatic rings. The highest BCUT2D eigenvalue weighted by atomic mass is 79.9. The molecule has 1 rings (SSSR count). The first-order valence-corrected chi connectivity index (χ1v) is 6.35. The van der Waals surface area contributed by atoms with E-state index in [0.29, 0.717) is 11.0 Å². The van der Waals surface area contributed by atoms with Crippen molar-refractivity contribution in [3.63, 3.8) is 0 Å². The van der Waals surface area contributed by atoms with Crippen molar-refractivity contribution in [3.05, 3.63) is 10.6 Å². The van der Waals surface area contributed by atoms with Crippen molar-refractivity contribution in [2.24, 2.45) is 0 Å². The van der Waals surface area contributed by atoms with Gasteiger partial charge in [0.15, 0.2) is 0 Å². The van der Waals surface area contributed by atoms with E-state index in [4.69, 9.17) is 0 Å². The Bertz CT molecular complexity index is 184. The smallest absolute Gasteiger partial charge is 0.172 e. The minimum Gasteiger partial charge on any atom is -0.172 e. The molecule has 0 saturated heterocycles. The van der Waals surface area contributed by atoms with Crippen molar-refractivity contribution in [1.82, 2.24) is 0 Å². The molecule has 13 heavy (non-hydrogen) atoms. The predicted molar refractivity (Wildman–Crippen MR) is 57.5 cm³/mol. The monoisotopic (exact) mass is 270 g/mol. The highest BCUT2D eigenvalue weighted by molar-refractivity contribution is 9.11. The lowest BCUT2D eigenvalue weighted by molar-refractivity contribution is 0.419. The van der Waals surface area contributed by atoms with Crippen molar-refractivity contribution in [1.29, 1.82) is 0 Å². The molecule has 0 radical (unpaired) electrons. The summed E-state index contributed by atoms with van der Waals surface area (Å²) in [5.41, 5.74) is 0. The van der Waals surface area contributed by atoms with E-state index >= 15 is 0 Å². The van der Waals surface area contributed by atoms with Gasteiger partial charge in [-0.2, -0.15) is 20.5 Å². The van der Waals surface area contributed by atoms with Crippen LogP contribution in [0.25, 0.3) is 0 Å². The fourth-order valence-corrected chi connectivity index (χ4v) is 3.03. The standard InChI is InChI=1S/C9H13BrF2S/c10-8(9(11)12)6-13-7-4-2-1-3-5-7/h7H,1-6H2. The normalized spacial score (nSPS) is 18.7. The Labute approximate surface area is 90.3 Å². The Morgan fingerprint density at radius 1 is 1.23 bits per heavy atom. The van der Waals surface area contributed by atoms with Crippen molar-refractivity contribution < 1.29 is 8.78 Å². The van der Waals surface area contributed by atoms with E-state index in [-0.39, 0.29) is 4.48 Å². The molecule has 1 saturated carbocycles. The molecule has 0 aliphatic heterocycles. The van der Waals surface area contributed by atoms with Crippen molar-refractivity contribution in [3.8, 4) is 0 Å². The van der Waals surface area contributed by atoms with Gasteiger partial charge in [0.25, 0.3) is 6.08 Å². The molecule has 4 heteroatoms. The first-order valence-electron chi connectivity index (χ1n) is 4.51. The summed E-state index contributed by atoms with van der Waals surface area (Å²) >= 11 is 4.53. The summed E-state index contributed by atoms with van der Waals surface area (Å²) in [6.45, 7) is 0. The van der Waals surface area contributed by atoms with Gasteiger partial charge in [-0.05, 0) is 28.8 Å². The molecule has 0 atom stereocenters. The minimum absolute atomic E-state index is 0.0584. The molecule has 0 bridgehead atoms. The zero-order valence-electron chi connectivity index (χ0n) is 7.36. The molecule has 0 spiro atoms. The number of hydrogen-bond acceptors (Lipinski definition) is 1. The lowest BCUT2D eigenvalue weighted by Gasteiger charge is -2.20. The van der Waals surface area contributed by atoms with Crippen LogP contribution in [0.2, 0.25) is 0 Å². The van der Waals surface area contributed by atoms with Crippen LogP contribution in [0.5, 0.6) is 0 Å². The maximum Gasteiger partial charge on any atom is 0.281 e. The molecule has 1 fully saturated rings. The highest BCUT2D eigenvalue weighted by Crippen LogP contribution is 2.31. The summed E-state index contributed by atoms with van der Waals surface area (Å²) in [6, 6.07) is 0. The van der Waals surface area contributed by atoms with Gasteiger partial charge in [0.05, 0.1) is 4.48 Å². The average molecular weight is 271 g/mol. The third-order valence-corrected chi connectivity index (χ3v) is 4.55. The summed E-state index contributed by atoms with van der Waals surface area (Å²) in [5, 5.41) is 0.598. The molecule has 0 heterocycles. The van der Waals surface area contributed by atoms with Gasteiger partial charge in [0.2, 0.25) is 0 Å². The second-order valence-corrected chi connectivity index (χ2v) is 5.48. The van der Waals surface area contributed by atoms with E-state index in [1.54, 1.807) is 11.8 Å². The fraction of sp³-hybridized carbons (Fsp3) is 0.778. The topological polar surface area (TPSA) is 0 Å². The van der Waals surface area contributed by atoms with E-state index < -0.39 is 6.08 Å². The molecule has 0 N–H and O–H groups in total. The van der Waals surface area contributed by atoms with E-state index in [0.717, 1.165) is 0 Å². The van der Waals surface area contributed by atoms with Gasteiger partial charge in [-0.15, -0.1) is 0 Å². The van der Waals surface area contributed by atoms with E-state index in [1.165, 1.54) is 32.1 Å². The molecule has 76 valence electrons. The van der Waals surface area contributed by atoms with Gasteiger partial charge in [-0.25, -0.2) is 0 Å². The van der Waals surface area contributed by atoms with Crippen LogP contribution in [0.1, 0.15) is 32.1 Å². The Kier molecular flexibility index (Phi) is 5.32. The quantitative estimate of drug-likeness (QED) is 0.725. The predicted octanol–water partition coefficient (Wildman–Crippen LogP) is 4.56. The fourth-order valence-electron chi connectivity index (χ4n) is 1.48. The molecule has 0 amide bonds. The second kappa shape index (κ2) is 6.02. The van der Waals surface area contributed by atoms with E-state index in [9.17, 15) is 8.78 Å². The second-order valence-electron chi connectivity index (χ2n) is 3.24. The van der Waals surface area contributed by atoms with Crippen LogP contribution in [0.3, 0.4) is 0 Å². The number of halogens is 3. The summed E-state index contributed by atoms with van der Waals surface area (Å²) in [7, 11) is 0. The Hall–Kier alpha value is 0.430. The maximum absolute atomic E-state index is 12.0. The number of thioether (sulfide) groups is 1. The van der Waals surface area contributed by atoms with Crippen LogP contribution in [0.4, 0.5) is 8.78 Å². The molecule has 1 aliphatic carbocycles. The lowest BCUT2D eigenvalue weighted by Crippen LogP contribution is -2.08. The van der Waals surface area contributed by atoms with E-state index in [1.807, 2.05) is 0 Å². The Balaban J connectivity index is 2.21. The van der Waals surface area contributed by atoms with Crippen LogP contribution >= 0.6 is 27.7 Å². The third kappa shape index (κ3) is 4.45. The zero-order chi connectivity index (χ0) is 9.68. The molecular weight excluding hydrogens is 258 g/mol. The third-order valence-electron chi connectivity index (χ3n) is 2.20. The van der Waals surface area contributed by atoms with Gasteiger partial charge >= 0.3 is 0 Å². The first kappa shape index (κ1) is 11.5. The van der Waals surface area contributed by atoms with Crippen LogP contribution in [-0.2, 0) is 0 Å². The van der Waals surface area contributed by atoms with Crippen molar-refractivity contribution >= 4 is 27.7 Å². The summed E-state index contributed by atoms with van der Waals surface area (Å²) in [4.78, 5) is 0. The maximum atomic E-state index is 12.0. The number of hydrogen-bond donors (Lipinski definition) is 0. The van der Waals surface area contributed by atoms with Crippen LogP contribution < -0.4 is 0 Å². The van der Waals surface area contributed by atoms with Crippen LogP contribution in [-0.4, -0.2) is 11.0 Å². The average Bonchev–Trinajstić information content (AvgIpc) is 2.15. The highest BCUT2D eigenvalue weighted by Gasteiger charge is 2.14. The van der Waals surface area contributed by atoms with Gasteiger partial charge in [-0.3, -0.25) is 0 Å². The lowest BCUT2D eigenvalue weighted by atomic mass is 10.0. The van der Waals surface area contributed by atoms with Crippen LogP contribution in [0.15, 0.2) is 10.6 Å². The van der Waals surface area contributed by atoms with Gasteiger partial charge in [0.1, 0.15) is 0 Å². The van der Waals surface area contributed by atoms with E-state index in [2.05, 4.69) is 15.9 Å². The first-order chi connectivity index (χ1) is 6.20. The van der Waals surface area contributed by atoms with Gasteiger partial charge in [-0.1, -0.05) is 19.3 Å². The molecular formula is C9H13BrF2S. The molecule has 0 aromatic rings. The largest absolute Gasteiger partial charge is 0.281 e. The molecule has 0 aromatic heterocycles. The molecule has 0 nitrogen and oxygen atoms in total. The Morgan fingerprint density at radius 3 is 2.38 bits per heavy atom. The van der Waals surface area contributed by atoms with Gasteiger partial charge in [0, 0.05) is 11.0 Å². The van der Waals surface area contributed by atoms with Crippen molar-refractivity contribution in [2.45, 2.75) is 37.4 Å². The molecule has 0 unspecified atom stereocenters. The molecule has 0 aromatic carbocycles. The minimum atomic E-state index is -1.58. The zero-order valence-corrected chi connectivity index (χ0v) is 9.76. The summed E-state index contributed by atoms with van der Waals surface area (Å²) in [6.07, 6.45) is 4.64. The van der Waals surface area contributed by atoms with Crippen molar-refractivity contribution in [2.75, 3.05) is 5.75 Å². The summed E-state index contributed by atoms with van der Waals surface area (Å²) in [5.74, 6) is 0.424.